The Morgan fingerprint density at radius 3 is 1.35 bits per heavy atom. The molecule has 5 N–H and O–H groups in total. The smallest absolute Gasteiger partial charge is 0.284 e. The molecule has 6 rings (SSSR count). The van der Waals surface area contributed by atoms with E-state index in [0.717, 1.165) is 40.5 Å². The average molecular weight is 868 g/mol. The molecule has 0 saturated carbocycles. The van der Waals surface area contributed by atoms with E-state index in [0.29, 0.717) is 36.3 Å². The molecule has 0 unspecified atom stereocenters. The Morgan fingerprint density at radius 1 is 0.564 bits per heavy atom. The van der Waals surface area contributed by atoms with Gasteiger partial charge in [0.05, 0.1) is 33.1 Å². The van der Waals surface area contributed by atoms with Crippen molar-refractivity contribution >= 4 is 80.4 Å². The molecule has 0 radical (unpaired) electrons. The van der Waals surface area contributed by atoms with Crippen LogP contribution in [-0.4, -0.2) is 32.3 Å². The molecule has 16 heteroatoms. The van der Waals surface area contributed by atoms with Crippen LogP contribution in [0.3, 0.4) is 0 Å². The maximum Gasteiger partial charge on any atom is 0.284 e. The van der Waals surface area contributed by atoms with Gasteiger partial charge in [-0.2, -0.15) is 0 Å². The van der Waals surface area contributed by atoms with Crippen LogP contribution < -0.4 is 11.2 Å². The Hall–Kier alpha value is -4.99. The number of anilines is 1. The third-order valence-electron chi connectivity index (χ3n) is 7.47. The average Bonchev–Trinajstić information content (AvgIpc) is 3.19. The van der Waals surface area contributed by atoms with Crippen molar-refractivity contribution in [1.29, 1.82) is 0 Å². The normalized spacial score (nSPS) is 9.95. The van der Waals surface area contributed by atoms with Crippen molar-refractivity contribution in [2.75, 3.05) is 5.73 Å². The van der Waals surface area contributed by atoms with E-state index in [1.54, 1.807) is 78.9 Å². The Balaban J connectivity index is 0.000000203. The second-order valence-electron chi connectivity index (χ2n) is 11.2. The summed E-state index contributed by atoms with van der Waals surface area (Å²) in [5.74, 6) is 0. The number of nitro groups is 2. The zero-order valence-electron chi connectivity index (χ0n) is 28.7. The van der Waals surface area contributed by atoms with Gasteiger partial charge in [0.2, 0.25) is 0 Å². The first-order valence-corrected chi connectivity index (χ1v) is 17.9. The van der Waals surface area contributed by atoms with Gasteiger partial charge in [-0.25, -0.2) is 0 Å². The van der Waals surface area contributed by atoms with Gasteiger partial charge in [-0.3, -0.25) is 20.2 Å². The number of benzene rings is 6. The van der Waals surface area contributed by atoms with Gasteiger partial charge >= 0.3 is 58.9 Å². The van der Waals surface area contributed by atoms with Crippen molar-refractivity contribution in [2.24, 2.45) is 0 Å². The van der Waals surface area contributed by atoms with Crippen LogP contribution in [-0.2, 0) is 24.5 Å². The molecule has 0 amide bonds. The molecular formula is C39H32BBrCl3N3O8. The van der Waals surface area contributed by atoms with Crippen LogP contribution in [0.25, 0.3) is 22.3 Å². The number of aliphatic hydroxyl groups excluding tert-OH is 3. The van der Waals surface area contributed by atoms with Crippen molar-refractivity contribution < 1.29 is 29.9 Å². The van der Waals surface area contributed by atoms with Gasteiger partial charge in [0.1, 0.15) is 0 Å². The van der Waals surface area contributed by atoms with Crippen molar-refractivity contribution in [3.63, 3.8) is 0 Å². The standard InChI is InChI=1S/C13H10ClNO3.C13H12ClNO.C7H7BO2.C6H3BrClNO2/c14-11-5-6-12(13(7-11)15(17)18)10-3-1-9(8-16)2-4-10;14-11-5-6-12(13(15)7-11)10-3-1-9(8-16)2-4-10;9-5-6-1-3-7(8-10)4-2-6;7-5-2-1-4(8)3-6(5)9(10)11/h1-7,16H,8H2;1-7,16H,8,15H2;1-4,9H,5H2;1-3H. The minimum absolute atomic E-state index is 0.0162. The Kier molecular flexibility index (Phi) is 18.1. The van der Waals surface area contributed by atoms with Crippen molar-refractivity contribution in [2.45, 2.75) is 19.8 Å². The molecular weight excluding hydrogens is 836 g/mol. The number of nitrogens with zero attached hydrogens (tertiary/aromatic N) is 2. The number of nitrogens with two attached hydrogens (primary N) is 1. The number of nitro benzene ring substituents is 2. The van der Waals surface area contributed by atoms with Gasteiger partial charge in [-0.1, -0.05) is 89.4 Å². The maximum atomic E-state index is 11.0. The zero-order chi connectivity index (χ0) is 40.5. The second kappa shape index (κ2) is 22.4. The summed E-state index contributed by atoms with van der Waals surface area (Å²) in [5, 5.41) is 49.1. The van der Waals surface area contributed by atoms with Gasteiger partial charge < -0.3 is 15.9 Å². The molecule has 0 aliphatic carbocycles. The molecule has 6 aromatic rings. The fourth-order valence-electron chi connectivity index (χ4n) is 4.60. The largest absolute Gasteiger partial charge is 0.392 e. The zero-order valence-corrected chi connectivity index (χ0v) is 32.5. The van der Waals surface area contributed by atoms with E-state index >= 15 is 0 Å². The molecule has 0 fully saturated rings. The van der Waals surface area contributed by atoms with E-state index in [9.17, 15) is 24.9 Å². The Labute approximate surface area is 340 Å². The molecule has 0 bridgehead atoms. The number of hydrogen-bond donors (Lipinski definition) is 4. The number of aliphatic hydroxyl groups is 3. The first kappa shape index (κ1) is 44.4. The molecule has 0 saturated heterocycles. The SMILES string of the molecule is Nc1cc(Cl)ccc1-c1ccc(CO)cc1.O=Bc1ccc(CO)cc1.O=[N+]([O-])c1cc(Cl)ccc1-c1ccc(CO)cc1.O=[N+]([O-])c1cc(Cl)ccc1Br. The van der Waals surface area contributed by atoms with Crippen LogP contribution in [0.4, 0.5) is 17.1 Å². The second-order valence-corrected chi connectivity index (χ2v) is 13.4. The quantitative estimate of drug-likeness (QED) is 0.0500. The molecule has 6 aromatic carbocycles. The summed E-state index contributed by atoms with van der Waals surface area (Å²) in [5.41, 5.74) is 12.8. The van der Waals surface area contributed by atoms with Crippen molar-refractivity contribution in [3.05, 3.63) is 184 Å². The van der Waals surface area contributed by atoms with Crippen LogP contribution in [0.15, 0.2) is 132 Å². The van der Waals surface area contributed by atoms with Crippen LogP contribution in [0.2, 0.25) is 15.1 Å². The molecule has 0 aliphatic rings. The first-order valence-electron chi connectivity index (χ1n) is 15.9. The van der Waals surface area contributed by atoms with E-state index in [-0.39, 0.29) is 31.2 Å². The Morgan fingerprint density at radius 2 is 0.945 bits per heavy atom. The Bertz CT molecular complexity index is 2210. The van der Waals surface area contributed by atoms with Crippen molar-refractivity contribution in [3.8, 4) is 22.3 Å². The predicted octanol–water partition coefficient (Wildman–Crippen LogP) is 9.35. The molecule has 0 aromatic heterocycles. The van der Waals surface area contributed by atoms with E-state index in [1.165, 1.54) is 12.1 Å². The van der Waals surface area contributed by atoms with Crippen LogP contribution in [0.5, 0.6) is 0 Å². The van der Waals surface area contributed by atoms with E-state index in [1.807, 2.05) is 36.4 Å². The van der Waals surface area contributed by atoms with Gasteiger partial charge in [-0.15, -0.1) is 0 Å². The topological polar surface area (TPSA) is 190 Å². The summed E-state index contributed by atoms with van der Waals surface area (Å²) < 4.78 is 10.6. The molecule has 0 heterocycles. The molecule has 55 heavy (non-hydrogen) atoms. The van der Waals surface area contributed by atoms with Crippen LogP contribution >= 0.6 is 50.7 Å². The minimum atomic E-state index is -0.490. The number of nitrogen functional groups attached to an aromatic ring is 1. The summed E-state index contributed by atoms with van der Waals surface area (Å²) in [4.78, 5) is 20.3. The first-order chi connectivity index (χ1) is 26.3. The van der Waals surface area contributed by atoms with Gasteiger partial charge in [-0.05, 0) is 74.6 Å². The minimum Gasteiger partial charge on any atom is -0.392 e. The van der Waals surface area contributed by atoms with Crippen LogP contribution in [0.1, 0.15) is 16.7 Å². The van der Waals surface area contributed by atoms with E-state index in [2.05, 4.69) is 15.9 Å². The van der Waals surface area contributed by atoms with E-state index in [4.69, 9.17) is 55.9 Å². The molecule has 0 spiro atoms. The monoisotopic (exact) mass is 865 g/mol. The van der Waals surface area contributed by atoms with Gasteiger partial charge in [0.25, 0.3) is 11.4 Å². The van der Waals surface area contributed by atoms with Crippen molar-refractivity contribution in [1.82, 2.24) is 0 Å². The third-order valence-corrected chi connectivity index (χ3v) is 8.84. The molecule has 282 valence electrons. The number of rotatable bonds is 8. The maximum absolute atomic E-state index is 11.0. The fourth-order valence-corrected chi connectivity index (χ4v) is 5.51. The summed E-state index contributed by atoms with van der Waals surface area (Å²) in [6, 6.07) is 35.8. The number of hydrogen-bond acceptors (Lipinski definition) is 9. The summed E-state index contributed by atoms with van der Waals surface area (Å²) in [7, 11) is 0.779. The van der Waals surface area contributed by atoms with E-state index < -0.39 is 9.85 Å². The molecule has 11 nitrogen and oxygen atoms in total. The summed E-state index contributed by atoms with van der Waals surface area (Å²) in [6.45, 7) is 0.0263. The van der Waals surface area contributed by atoms with Gasteiger partial charge in [0, 0.05) is 38.5 Å². The third kappa shape index (κ3) is 14.0. The number of halogens is 4. The summed E-state index contributed by atoms with van der Waals surface area (Å²) >= 11 is 20.2. The fraction of sp³-hybridized carbons (Fsp3) is 0.0769. The predicted molar refractivity (Wildman–Crippen MR) is 221 cm³/mol. The molecule has 0 atom stereocenters. The van der Waals surface area contributed by atoms with Crippen LogP contribution in [0, 0.1) is 20.2 Å². The molecule has 0 aliphatic heterocycles. The summed E-state index contributed by atoms with van der Waals surface area (Å²) in [6.07, 6.45) is 0. The van der Waals surface area contributed by atoms with Gasteiger partial charge in [0.15, 0.2) is 0 Å².